The number of halogens is 2. The average molecular weight is 389 g/mol. The fourth-order valence-corrected chi connectivity index (χ4v) is 2.86. The lowest BCUT2D eigenvalue weighted by Gasteiger charge is -2.22. The number of carbonyl (C=O) groups is 2. The summed E-state index contributed by atoms with van der Waals surface area (Å²) in [6.45, 7) is 8.93. The zero-order valence-electron chi connectivity index (χ0n) is 15.2. The van der Waals surface area contributed by atoms with Crippen LogP contribution >= 0.6 is 23.2 Å². The molecule has 0 N–H and O–H groups in total. The highest BCUT2D eigenvalue weighted by Gasteiger charge is 2.17. The second kappa shape index (κ2) is 10.0. The van der Waals surface area contributed by atoms with Gasteiger partial charge in [-0.1, -0.05) is 57.0 Å². The number of ether oxygens (including phenoxy) is 2. The van der Waals surface area contributed by atoms with E-state index in [2.05, 4.69) is 27.7 Å². The van der Waals surface area contributed by atoms with Gasteiger partial charge in [0.05, 0.1) is 11.6 Å². The summed E-state index contributed by atoms with van der Waals surface area (Å²) in [7, 11) is 0. The molecule has 0 radical (unpaired) electrons. The molecule has 6 heteroatoms. The van der Waals surface area contributed by atoms with Crippen LogP contribution in [0.15, 0.2) is 18.2 Å². The Kier molecular flexibility index (Phi) is 8.74. The molecule has 0 saturated heterocycles. The summed E-state index contributed by atoms with van der Waals surface area (Å²) in [5.74, 6) is -0.232. The summed E-state index contributed by atoms with van der Waals surface area (Å²) in [5.41, 5.74) is 0.206. The normalized spacial score (nSPS) is 12.6. The van der Waals surface area contributed by atoms with Crippen LogP contribution in [-0.2, 0) is 14.3 Å². The Labute approximate surface area is 159 Å². The van der Waals surface area contributed by atoms with Crippen molar-refractivity contribution in [1.82, 2.24) is 0 Å². The van der Waals surface area contributed by atoms with E-state index in [0.29, 0.717) is 24.0 Å². The van der Waals surface area contributed by atoms with Gasteiger partial charge in [-0.3, -0.25) is 9.59 Å². The van der Waals surface area contributed by atoms with E-state index in [1.54, 1.807) is 18.2 Å². The Balaban J connectivity index is 2.26. The number of carbonyl (C=O) groups excluding carboxylic acids is 2. The number of rotatable bonds is 8. The van der Waals surface area contributed by atoms with Crippen LogP contribution in [0.25, 0.3) is 0 Å². The monoisotopic (exact) mass is 388 g/mol. The van der Waals surface area contributed by atoms with Crippen molar-refractivity contribution in [1.29, 1.82) is 0 Å². The summed E-state index contributed by atoms with van der Waals surface area (Å²) in [6, 6.07) is 4.82. The van der Waals surface area contributed by atoms with Gasteiger partial charge in [0.1, 0.15) is 5.02 Å². The number of benzene rings is 1. The summed E-state index contributed by atoms with van der Waals surface area (Å²) < 4.78 is 10.4. The summed E-state index contributed by atoms with van der Waals surface area (Å²) in [4.78, 5) is 23.5. The fourth-order valence-electron chi connectivity index (χ4n) is 2.53. The maximum absolute atomic E-state index is 11.8. The van der Waals surface area contributed by atoms with Gasteiger partial charge < -0.3 is 9.47 Å². The second-order valence-electron chi connectivity index (χ2n) is 7.43. The van der Waals surface area contributed by atoms with E-state index in [1.807, 2.05) is 0 Å². The summed E-state index contributed by atoms with van der Waals surface area (Å²) >= 11 is 11.8. The first-order valence-electron chi connectivity index (χ1n) is 8.39. The van der Waals surface area contributed by atoms with E-state index in [4.69, 9.17) is 32.7 Å². The van der Waals surface area contributed by atoms with Crippen molar-refractivity contribution >= 4 is 35.1 Å². The number of hydrogen-bond donors (Lipinski definition) is 0. The predicted molar refractivity (Wildman–Crippen MR) is 100 cm³/mol. The lowest BCUT2D eigenvalue weighted by molar-refractivity contribution is -0.145. The first-order chi connectivity index (χ1) is 11.6. The van der Waals surface area contributed by atoms with Gasteiger partial charge in [0.2, 0.25) is 0 Å². The van der Waals surface area contributed by atoms with Gasteiger partial charge in [-0.05, 0) is 36.3 Å². The molecule has 0 aliphatic rings. The molecule has 0 saturated carbocycles. The third-order valence-corrected chi connectivity index (χ3v) is 4.19. The lowest BCUT2D eigenvalue weighted by atomic mass is 9.86. The maximum Gasteiger partial charge on any atom is 0.311 e. The van der Waals surface area contributed by atoms with Gasteiger partial charge >= 0.3 is 11.9 Å². The average Bonchev–Trinajstić information content (AvgIpc) is 2.48. The van der Waals surface area contributed by atoms with Crippen molar-refractivity contribution < 1.29 is 19.1 Å². The molecule has 0 aliphatic carbocycles. The van der Waals surface area contributed by atoms with Crippen molar-refractivity contribution in [3.63, 3.8) is 0 Å². The van der Waals surface area contributed by atoms with Crippen LogP contribution in [0.4, 0.5) is 0 Å². The minimum absolute atomic E-state index is 0.107. The van der Waals surface area contributed by atoms with Crippen LogP contribution in [0.5, 0.6) is 5.75 Å². The largest absolute Gasteiger partial charge is 0.465 e. The number of esters is 2. The highest BCUT2D eigenvalue weighted by Crippen LogP contribution is 2.31. The van der Waals surface area contributed by atoms with Gasteiger partial charge in [-0.25, -0.2) is 0 Å². The fraction of sp³-hybridized carbons (Fsp3) is 0.579. The zero-order chi connectivity index (χ0) is 19.0. The topological polar surface area (TPSA) is 52.6 Å². The minimum atomic E-state index is -0.460. The molecule has 0 heterocycles. The van der Waals surface area contributed by atoms with Gasteiger partial charge in [0, 0.05) is 12.8 Å². The molecule has 0 aromatic heterocycles. The van der Waals surface area contributed by atoms with E-state index >= 15 is 0 Å². The van der Waals surface area contributed by atoms with Crippen LogP contribution in [0.3, 0.4) is 0 Å². The van der Waals surface area contributed by atoms with E-state index in [9.17, 15) is 9.59 Å². The molecule has 4 nitrogen and oxygen atoms in total. The molecule has 1 atom stereocenters. The van der Waals surface area contributed by atoms with E-state index < -0.39 is 5.97 Å². The Morgan fingerprint density at radius 2 is 1.76 bits per heavy atom. The van der Waals surface area contributed by atoms with Crippen LogP contribution in [0.1, 0.15) is 53.4 Å². The lowest BCUT2D eigenvalue weighted by Crippen LogP contribution is -2.18. The molecule has 1 rings (SSSR count). The Morgan fingerprint density at radius 3 is 2.40 bits per heavy atom. The van der Waals surface area contributed by atoms with E-state index in [1.165, 1.54) is 0 Å². The molecule has 0 amide bonds. The molecular weight excluding hydrogens is 363 g/mol. The van der Waals surface area contributed by atoms with Crippen molar-refractivity contribution in [3.05, 3.63) is 28.2 Å². The van der Waals surface area contributed by atoms with Gasteiger partial charge in [-0.2, -0.15) is 0 Å². The quantitative estimate of drug-likeness (QED) is 0.424. The van der Waals surface area contributed by atoms with Crippen molar-refractivity contribution in [2.24, 2.45) is 11.3 Å². The SMILES string of the molecule is CC(COC(=O)CCCC(=O)Oc1cccc(Cl)c1Cl)CC(C)(C)C. The minimum Gasteiger partial charge on any atom is -0.465 e. The highest BCUT2D eigenvalue weighted by molar-refractivity contribution is 6.43. The van der Waals surface area contributed by atoms with Gasteiger partial charge in [0.15, 0.2) is 5.75 Å². The van der Waals surface area contributed by atoms with Crippen LogP contribution in [0.2, 0.25) is 10.0 Å². The number of hydrogen-bond acceptors (Lipinski definition) is 4. The summed E-state index contributed by atoms with van der Waals surface area (Å²) in [6.07, 6.45) is 1.63. The van der Waals surface area contributed by atoms with Crippen LogP contribution < -0.4 is 4.74 Å². The van der Waals surface area contributed by atoms with Crippen LogP contribution in [0, 0.1) is 11.3 Å². The third kappa shape index (κ3) is 9.13. The molecule has 0 fully saturated rings. The third-order valence-electron chi connectivity index (χ3n) is 3.39. The smallest absolute Gasteiger partial charge is 0.311 e. The molecule has 1 aromatic carbocycles. The molecule has 1 aromatic rings. The van der Waals surface area contributed by atoms with Crippen molar-refractivity contribution in [2.75, 3.05) is 6.61 Å². The molecule has 25 heavy (non-hydrogen) atoms. The zero-order valence-corrected chi connectivity index (χ0v) is 16.7. The van der Waals surface area contributed by atoms with Gasteiger partial charge in [-0.15, -0.1) is 0 Å². The Hall–Kier alpha value is -1.26. The van der Waals surface area contributed by atoms with Crippen molar-refractivity contribution in [3.8, 4) is 5.75 Å². The first-order valence-corrected chi connectivity index (χ1v) is 9.14. The molecular formula is C19H26Cl2O4. The van der Waals surface area contributed by atoms with E-state index in [0.717, 1.165) is 6.42 Å². The first kappa shape index (κ1) is 21.8. The van der Waals surface area contributed by atoms with E-state index in [-0.39, 0.29) is 35.0 Å². The van der Waals surface area contributed by atoms with Gasteiger partial charge in [0.25, 0.3) is 0 Å². The molecule has 0 spiro atoms. The van der Waals surface area contributed by atoms with Crippen molar-refractivity contribution in [2.45, 2.75) is 53.4 Å². The second-order valence-corrected chi connectivity index (χ2v) is 8.22. The molecule has 0 aliphatic heterocycles. The molecule has 1 unspecified atom stereocenters. The summed E-state index contributed by atoms with van der Waals surface area (Å²) in [5, 5.41) is 0.518. The Morgan fingerprint density at radius 1 is 1.12 bits per heavy atom. The predicted octanol–water partition coefficient (Wildman–Crippen LogP) is 5.68. The standard InChI is InChI=1S/C19H26Cl2O4/c1-13(11-19(2,3)4)12-24-16(22)9-6-10-17(23)25-15-8-5-7-14(20)18(15)21/h5,7-8,13H,6,9-12H2,1-4H3. The Bertz CT molecular complexity index is 594. The molecule has 140 valence electrons. The maximum atomic E-state index is 11.8. The highest BCUT2D eigenvalue weighted by atomic mass is 35.5. The van der Waals surface area contributed by atoms with Crippen LogP contribution in [-0.4, -0.2) is 18.5 Å². The molecule has 0 bridgehead atoms.